The molecule has 1 aliphatic carbocycles. The van der Waals surface area contributed by atoms with Crippen LogP contribution in [0.1, 0.15) is 35.4 Å². The van der Waals surface area contributed by atoms with E-state index in [1.165, 1.54) is 11.3 Å². The number of nitrogens with one attached hydrogen (secondary N) is 1. The molecule has 0 amide bonds. The van der Waals surface area contributed by atoms with Gasteiger partial charge in [-0.1, -0.05) is 5.16 Å². The van der Waals surface area contributed by atoms with Crippen molar-refractivity contribution in [3.05, 3.63) is 33.8 Å². The van der Waals surface area contributed by atoms with Gasteiger partial charge in [0.15, 0.2) is 0 Å². The number of hydrogen-bond acceptors (Lipinski definition) is 7. The van der Waals surface area contributed by atoms with Crippen molar-refractivity contribution >= 4 is 28.7 Å². The molecule has 0 atom stereocenters. The van der Waals surface area contributed by atoms with Crippen LogP contribution in [0.15, 0.2) is 22.8 Å². The summed E-state index contributed by atoms with van der Waals surface area (Å²) in [6.45, 7) is 0. The molecule has 7 heteroatoms. The molecule has 0 aromatic carbocycles. The van der Waals surface area contributed by atoms with Gasteiger partial charge in [0.25, 0.3) is 0 Å². The number of oxime groups is 1. The summed E-state index contributed by atoms with van der Waals surface area (Å²) in [6.07, 6.45) is 5.28. The van der Waals surface area contributed by atoms with Crippen LogP contribution in [0.2, 0.25) is 0 Å². The van der Waals surface area contributed by atoms with Crippen molar-refractivity contribution in [2.45, 2.75) is 25.7 Å². The van der Waals surface area contributed by atoms with Gasteiger partial charge in [-0.05, 0) is 31.7 Å². The third kappa shape index (κ3) is 2.85. The number of nitrogens with zero attached hydrogens (tertiary/aromatic N) is 4. The second-order valence-corrected chi connectivity index (χ2v) is 5.66. The van der Waals surface area contributed by atoms with Crippen molar-refractivity contribution in [2.24, 2.45) is 5.16 Å². The maximum Gasteiger partial charge on any atom is 0.227 e. The summed E-state index contributed by atoms with van der Waals surface area (Å²) in [5, 5.41) is 26.2. The van der Waals surface area contributed by atoms with Crippen LogP contribution in [-0.4, -0.2) is 20.9 Å². The Bertz CT molecular complexity index is 731. The molecule has 106 valence electrons. The lowest BCUT2D eigenvalue weighted by atomic mass is 10.1. The van der Waals surface area contributed by atoms with E-state index in [2.05, 4.69) is 26.5 Å². The minimum Gasteiger partial charge on any atom is -0.411 e. The van der Waals surface area contributed by atoms with Gasteiger partial charge in [0, 0.05) is 17.1 Å². The fourth-order valence-corrected chi connectivity index (χ4v) is 2.95. The third-order valence-electron chi connectivity index (χ3n) is 3.34. The van der Waals surface area contributed by atoms with Crippen molar-refractivity contribution < 1.29 is 5.21 Å². The van der Waals surface area contributed by atoms with Gasteiger partial charge in [0.2, 0.25) is 5.95 Å². The smallest absolute Gasteiger partial charge is 0.227 e. The van der Waals surface area contributed by atoms with E-state index in [9.17, 15) is 0 Å². The Balaban J connectivity index is 1.88. The lowest BCUT2D eigenvalue weighted by Crippen LogP contribution is -2.07. The highest BCUT2D eigenvalue weighted by atomic mass is 32.1. The highest BCUT2D eigenvalue weighted by molar-refractivity contribution is 7.11. The fourth-order valence-electron chi connectivity index (χ4n) is 2.32. The molecular weight excluding hydrogens is 286 g/mol. The molecule has 2 aromatic heterocycles. The fraction of sp³-hybridized carbons (Fsp3) is 0.286. The van der Waals surface area contributed by atoms with Gasteiger partial charge in [-0.15, -0.1) is 11.3 Å². The SMILES string of the molecule is N#Cc1cc(Nc2ncc3c(n2)CCCC/C3=N\O)cs1. The van der Waals surface area contributed by atoms with Gasteiger partial charge in [-0.25, -0.2) is 9.97 Å². The highest BCUT2D eigenvalue weighted by Crippen LogP contribution is 2.23. The van der Waals surface area contributed by atoms with Crippen molar-refractivity contribution in [2.75, 3.05) is 5.32 Å². The van der Waals surface area contributed by atoms with Crippen molar-refractivity contribution in [1.82, 2.24) is 9.97 Å². The Morgan fingerprint density at radius 1 is 1.38 bits per heavy atom. The maximum atomic E-state index is 9.08. The predicted octanol–water partition coefficient (Wildman–Crippen LogP) is 3.06. The van der Waals surface area contributed by atoms with E-state index in [0.717, 1.165) is 42.6 Å². The molecule has 2 N–H and O–H groups in total. The van der Waals surface area contributed by atoms with Crippen molar-refractivity contribution in [3.8, 4) is 6.07 Å². The van der Waals surface area contributed by atoms with E-state index in [-0.39, 0.29) is 0 Å². The minimum atomic E-state index is 0.496. The Kier molecular flexibility index (Phi) is 3.79. The number of aromatic nitrogens is 2. The third-order valence-corrected chi connectivity index (χ3v) is 4.18. The minimum absolute atomic E-state index is 0.496. The molecule has 0 spiro atoms. The van der Waals surface area contributed by atoms with E-state index < -0.39 is 0 Å². The van der Waals surface area contributed by atoms with E-state index in [0.29, 0.717) is 16.5 Å². The lowest BCUT2D eigenvalue weighted by Gasteiger charge is -2.08. The molecule has 0 unspecified atom stereocenters. The first kappa shape index (κ1) is 13.5. The largest absolute Gasteiger partial charge is 0.411 e. The molecule has 0 bridgehead atoms. The molecule has 0 radical (unpaired) electrons. The molecular formula is C14H13N5OS. The zero-order valence-electron chi connectivity index (χ0n) is 11.2. The van der Waals surface area contributed by atoms with Gasteiger partial charge >= 0.3 is 0 Å². The summed E-state index contributed by atoms with van der Waals surface area (Å²) in [4.78, 5) is 9.42. The molecule has 2 heterocycles. The summed E-state index contributed by atoms with van der Waals surface area (Å²) >= 11 is 1.37. The zero-order valence-corrected chi connectivity index (χ0v) is 12.0. The van der Waals surface area contributed by atoms with E-state index >= 15 is 0 Å². The first-order valence-electron chi connectivity index (χ1n) is 6.63. The first-order valence-corrected chi connectivity index (χ1v) is 7.51. The molecule has 0 saturated heterocycles. The normalized spacial score (nSPS) is 16.0. The number of rotatable bonds is 2. The molecule has 3 rings (SSSR count). The quantitative estimate of drug-likeness (QED) is 0.505. The summed E-state index contributed by atoms with van der Waals surface area (Å²) < 4.78 is 0. The van der Waals surface area contributed by atoms with Crippen LogP contribution in [0.4, 0.5) is 11.6 Å². The van der Waals surface area contributed by atoms with E-state index in [4.69, 9.17) is 10.5 Å². The molecule has 0 aliphatic heterocycles. The molecule has 21 heavy (non-hydrogen) atoms. The standard InChI is InChI=1S/C14H13N5OS/c15-6-10-5-9(8-21-10)17-14-16-7-11-12(18-14)3-1-2-4-13(11)19-20/h5,7-8,20H,1-4H2,(H,16,17,18)/b19-13+. The van der Waals surface area contributed by atoms with Crippen LogP contribution in [0, 0.1) is 11.3 Å². The van der Waals surface area contributed by atoms with E-state index in [1.807, 2.05) is 5.38 Å². The average Bonchev–Trinajstić information content (AvgIpc) is 2.86. The second-order valence-electron chi connectivity index (χ2n) is 4.74. The lowest BCUT2D eigenvalue weighted by molar-refractivity contribution is 0.318. The molecule has 0 saturated carbocycles. The average molecular weight is 299 g/mol. The van der Waals surface area contributed by atoms with Crippen LogP contribution >= 0.6 is 11.3 Å². The summed E-state index contributed by atoms with van der Waals surface area (Å²) in [5.41, 5.74) is 3.18. The van der Waals surface area contributed by atoms with Gasteiger partial charge in [0.05, 0.1) is 17.1 Å². The van der Waals surface area contributed by atoms with Crippen LogP contribution in [0.5, 0.6) is 0 Å². The van der Waals surface area contributed by atoms with Crippen molar-refractivity contribution in [3.63, 3.8) is 0 Å². The Morgan fingerprint density at radius 2 is 2.24 bits per heavy atom. The molecule has 6 nitrogen and oxygen atoms in total. The Labute approximate surface area is 125 Å². The van der Waals surface area contributed by atoms with Crippen molar-refractivity contribution in [1.29, 1.82) is 5.26 Å². The van der Waals surface area contributed by atoms with Crippen LogP contribution in [-0.2, 0) is 6.42 Å². The molecule has 1 aliphatic rings. The number of aryl methyl sites for hydroxylation is 1. The van der Waals surface area contributed by atoms with Crippen LogP contribution < -0.4 is 5.32 Å². The Morgan fingerprint density at radius 3 is 3.00 bits per heavy atom. The zero-order chi connectivity index (χ0) is 14.7. The van der Waals surface area contributed by atoms with E-state index in [1.54, 1.807) is 12.3 Å². The summed E-state index contributed by atoms with van der Waals surface area (Å²) in [6, 6.07) is 3.86. The van der Waals surface area contributed by atoms with Crippen LogP contribution in [0.3, 0.4) is 0 Å². The second kappa shape index (κ2) is 5.89. The maximum absolute atomic E-state index is 9.08. The van der Waals surface area contributed by atoms with Gasteiger partial charge in [-0.3, -0.25) is 0 Å². The van der Waals surface area contributed by atoms with Gasteiger partial charge < -0.3 is 10.5 Å². The monoisotopic (exact) mass is 299 g/mol. The first-order chi connectivity index (χ1) is 10.3. The topological polar surface area (TPSA) is 94.2 Å². The summed E-state index contributed by atoms with van der Waals surface area (Å²) in [5.74, 6) is 0.496. The molecule has 2 aromatic rings. The Hall–Kier alpha value is -2.46. The van der Waals surface area contributed by atoms with Gasteiger partial charge in [0.1, 0.15) is 10.9 Å². The molecule has 0 fully saturated rings. The predicted molar refractivity (Wildman–Crippen MR) is 80.2 cm³/mol. The van der Waals surface area contributed by atoms with Crippen LogP contribution in [0.25, 0.3) is 0 Å². The number of nitriles is 1. The number of fused-ring (bicyclic) bond motifs is 1. The van der Waals surface area contributed by atoms with Gasteiger partial charge in [-0.2, -0.15) is 5.26 Å². The number of anilines is 2. The highest BCUT2D eigenvalue weighted by Gasteiger charge is 2.17. The number of hydrogen-bond donors (Lipinski definition) is 2. The summed E-state index contributed by atoms with van der Waals surface area (Å²) in [7, 11) is 0. The number of thiophene rings is 1.